The summed E-state index contributed by atoms with van der Waals surface area (Å²) in [7, 11) is 1.63. The molecule has 0 spiro atoms. The van der Waals surface area contributed by atoms with Gasteiger partial charge >= 0.3 is 0 Å². The number of methoxy groups -OCH3 is 1. The molecule has 2 heteroatoms. The van der Waals surface area contributed by atoms with Gasteiger partial charge in [-0.15, -0.1) is 0 Å². The Hall–Kier alpha value is -1.18. The van der Waals surface area contributed by atoms with E-state index in [1.807, 2.05) is 6.07 Å². The van der Waals surface area contributed by atoms with Crippen molar-refractivity contribution in [2.75, 3.05) is 13.7 Å². The van der Waals surface area contributed by atoms with Gasteiger partial charge in [-0.05, 0) is 24.6 Å². The lowest BCUT2D eigenvalue weighted by atomic mass is 10.3. The van der Waals surface area contributed by atoms with E-state index in [9.17, 15) is 0 Å². The monoisotopic (exact) mass is 165 g/mol. The molecule has 12 heavy (non-hydrogen) atoms. The molecule has 0 saturated carbocycles. The van der Waals surface area contributed by atoms with E-state index in [4.69, 9.17) is 9.47 Å². The van der Waals surface area contributed by atoms with E-state index in [2.05, 4.69) is 13.0 Å². The SMILES string of the molecule is CCCOc1c[c]cc(OC)c1. The van der Waals surface area contributed by atoms with E-state index in [-0.39, 0.29) is 0 Å². The van der Waals surface area contributed by atoms with Crippen LogP contribution in [0.15, 0.2) is 18.2 Å². The van der Waals surface area contributed by atoms with Crippen molar-refractivity contribution in [2.45, 2.75) is 13.3 Å². The van der Waals surface area contributed by atoms with Gasteiger partial charge in [-0.25, -0.2) is 0 Å². The standard InChI is InChI=1S/C10H13O2/c1-3-7-12-10-6-4-5-9(8-10)11-2/h5-6,8H,3,7H2,1-2H3. The Kier molecular flexibility index (Phi) is 3.45. The van der Waals surface area contributed by atoms with Gasteiger partial charge < -0.3 is 9.47 Å². The molecule has 0 aliphatic carbocycles. The smallest absolute Gasteiger partial charge is 0.123 e. The Morgan fingerprint density at radius 2 is 2.08 bits per heavy atom. The summed E-state index contributed by atoms with van der Waals surface area (Å²) in [4.78, 5) is 0. The first-order valence-corrected chi connectivity index (χ1v) is 4.04. The Morgan fingerprint density at radius 3 is 2.75 bits per heavy atom. The molecule has 1 rings (SSSR count). The summed E-state index contributed by atoms with van der Waals surface area (Å²) in [5, 5.41) is 0. The summed E-state index contributed by atoms with van der Waals surface area (Å²) in [6.45, 7) is 2.81. The molecule has 0 atom stereocenters. The molecule has 0 heterocycles. The van der Waals surface area contributed by atoms with Crippen LogP contribution in [0, 0.1) is 6.07 Å². The Bertz CT molecular complexity index is 233. The fourth-order valence-electron chi connectivity index (χ4n) is 0.851. The highest BCUT2D eigenvalue weighted by atomic mass is 16.5. The second-order valence-corrected chi connectivity index (χ2v) is 2.46. The van der Waals surface area contributed by atoms with Crippen LogP contribution in [0.5, 0.6) is 11.5 Å². The van der Waals surface area contributed by atoms with E-state index in [1.54, 1.807) is 19.2 Å². The van der Waals surface area contributed by atoms with Gasteiger partial charge in [0.2, 0.25) is 0 Å². The zero-order valence-electron chi connectivity index (χ0n) is 7.46. The quantitative estimate of drug-likeness (QED) is 0.681. The third-order valence-electron chi connectivity index (χ3n) is 1.44. The lowest BCUT2D eigenvalue weighted by Gasteiger charge is -2.05. The number of benzene rings is 1. The first kappa shape index (κ1) is 8.91. The van der Waals surface area contributed by atoms with Crippen LogP contribution in [0.25, 0.3) is 0 Å². The molecule has 1 aromatic rings. The van der Waals surface area contributed by atoms with Gasteiger partial charge in [-0.3, -0.25) is 0 Å². The largest absolute Gasteiger partial charge is 0.497 e. The average molecular weight is 165 g/mol. The van der Waals surface area contributed by atoms with E-state index in [0.29, 0.717) is 0 Å². The number of rotatable bonds is 4. The van der Waals surface area contributed by atoms with Gasteiger partial charge in [-0.2, -0.15) is 0 Å². The summed E-state index contributed by atoms with van der Waals surface area (Å²) < 4.78 is 10.4. The molecule has 0 bridgehead atoms. The van der Waals surface area contributed by atoms with Crippen molar-refractivity contribution in [3.63, 3.8) is 0 Å². The highest BCUT2D eigenvalue weighted by Crippen LogP contribution is 2.18. The molecule has 0 aromatic heterocycles. The molecule has 0 fully saturated rings. The molecule has 0 N–H and O–H groups in total. The van der Waals surface area contributed by atoms with Gasteiger partial charge in [0, 0.05) is 6.07 Å². The van der Waals surface area contributed by atoms with Crippen LogP contribution in [-0.4, -0.2) is 13.7 Å². The predicted molar refractivity (Wildman–Crippen MR) is 47.6 cm³/mol. The minimum absolute atomic E-state index is 0.737. The van der Waals surface area contributed by atoms with Crippen LogP contribution in [0.2, 0.25) is 0 Å². The maximum absolute atomic E-state index is 5.39. The normalized spacial score (nSPS) is 9.50. The second kappa shape index (κ2) is 4.65. The topological polar surface area (TPSA) is 18.5 Å². The van der Waals surface area contributed by atoms with Gasteiger partial charge in [0.1, 0.15) is 11.5 Å². The molecule has 1 aromatic carbocycles. The summed E-state index contributed by atoms with van der Waals surface area (Å²) in [6.07, 6.45) is 1.01. The van der Waals surface area contributed by atoms with Crippen LogP contribution in [0.1, 0.15) is 13.3 Å². The Balaban J connectivity index is 2.60. The predicted octanol–water partition coefficient (Wildman–Crippen LogP) is 2.28. The summed E-state index contributed by atoms with van der Waals surface area (Å²) >= 11 is 0. The Morgan fingerprint density at radius 1 is 1.33 bits per heavy atom. The minimum atomic E-state index is 0.737. The lowest BCUT2D eigenvalue weighted by Crippen LogP contribution is -1.94. The van der Waals surface area contributed by atoms with Crippen molar-refractivity contribution >= 4 is 0 Å². The zero-order chi connectivity index (χ0) is 8.81. The third-order valence-corrected chi connectivity index (χ3v) is 1.44. The molecule has 0 aliphatic heterocycles. The van der Waals surface area contributed by atoms with Crippen LogP contribution in [-0.2, 0) is 0 Å². The van der Waals surface area contributed by atoms with Crippen molar-refractivity contribution in [1.29, 1.82) is 0 Å². The summed E-state index contributed by atoms with van der Waals surface area (Å²) in [6, 6.07) is 8.37. The van der Waals surface area contributed by atoms with Crippen molar-refractivity contribution < 1.29 is 9.47 Å². The maximum Gasteiger partial charge on any atom is 0.123 e. The summed E-state index contributed by atoms with van der Waals surface area (Å²) in [5.41, 5.74) is 0. The number of hydrogen-bond acceptors (Lipinski definition) is 2. The third kappa shape index (κ3) is 2.46. The molecule has 0 unspecified atom stereocenters. The molecule has 0 amide bonds. The summed E-state index contributed by atoms with van der Waals surface area (Å²) in [5.74, 6) is 1.60. The molecule has 1 radical (unpaired) electrons. The molecule has 2 nitrogen and oxygen atoms in total. The average Bonchev–Trinajstić information content (AvgIpc) is 2.15. The zero-order valence-corrected chi connectivity index (χ0v) is 7.46. The van der Waals surface area contributed by atoms with Crippen LogP contribution in [0.4, 0.5) is 0 Å². The van der Waals surface area contributed by atoms with Crippen molar-refractivity contribution in [3.05, 3.63) is 24.3 Å². The molecular weight excluding hydrogens is 152 g/mol. The van der Waals surface area contributed by atoms with Gasteiger partial charge in [-0.1, -0.05) is 6.92 Å². The molecule has 0 saturated heterocycles. The van der Waals surface area contributed by atoms with E-state index >= 15 is 0 Å². The van der Waals surface area contributed by atoms with E-state index in [1.165, 1.54) is 0 Å². The van der Waals surface area contributed by atoms with Crippen LogP contribution in [0.3, 0.4) is 0 Å². The van der Waals surface area contributed by atoms with Crippen molar-refractivity contribution in [1.82, 2.24) is 0 Å². The van der Waals surface area contributed by atoms with Crippen molar-refractivity contribution in [2.24, 2.45) is 0 Å². The highest BCUT2D eigenvalue weighted by Gasteiger charge is 1.94. The fraction of sp³-hybridized carbons (Fsp3) is 0.400. The van der Waals surface area contributed by atoms with E-state index < -0.39 is 0 Å². The van der Waals surface area contributed by atoms with E-state index in [0.717, 1.165) is 24.5 Å². The molecular formula is C10H13O2. The van der Waals surface area contributed by atoms with Gasteiger partial charge in [0.25, 0.3) is 0 Å². The fourth-order valence-corrected chi connectivity index (χ4v) is 0.851. The van der Waals surface area contributed by atoms with Crippen LogP contribution < -0.4 is 9.47 Å². The first-order valence-electron chi connectivity index (χ1n) is 4.04. The van der Waals surface area contributed by atoms with Gasteiger partial charge in [0.05, 0.1) is 13.7 Å². The second-order valence-electron chi connectivity index (χ2n) is 2.46. The molecule has 0 aliphatic rings. The molecule has 65 valence electrons. The first-order chi connectivity index (χ1) is 5.86. The van der Waals surface area contributed by atoms with Crippen LogP contribution >= 0.6 is 0 Å². The number of ether oxygens (including phenoxy) is 2. The number of hydrogen-bond donors (Lipinski definition) is 0. The highest BCUT2D eigenvalue weighted by molar-refractivity contribution is 5.31. The van der Waals surface area contributed by atoms with Crippen molar-refractivity contribution in [3.8, 4) is 11.5 Å². The Labute approximate surface area is 73.1 Å². The lowest BCUT2D eigenvalue weighted by molar-refractivity contribution is 0.314. The maximum atomic E-state index is 5.39. The van der Waals surface area contributed by atoms with Gasteiger partial charge in [0.15, 0.2) is 0 Å². The minimum Gasteiger partial charge on any atom is -0.497 e.